The standard InChI is InChI=1S/C21H36N4O2/c1-22-14-15-23(12-7-20(27)24-10-2-3-11-24)17-21(22)8-6-19(26)25(13-9-21)16-18-4-5-18/h18H,2-17H2,1H3/t21-/m1/s1. The minimum Gasteiger partial charge on any atom is -0.343 e. The number of hydrogen-bond donors (Lipinski definition) is 0. The molecule has 4 fully saturated rings. The molecule has 0 bridgehead atoms. The molecule has 0 N–H and O–H groups in total. The Hall–Kier alpha value is -1.14. The maximum atomic E-state index is 12.6. The minimum absolute atomic E-state index is 0.100. The van der Waals surface area contributed by atoms with Crippen LogP contribution in [0, 0.1) is 5.92 Å². The fourth-order valence-corrected chi connectivity index (χ4v) is 5.15. The van der Waals surface area contributed by atoms with Crippen molar-refractivity contribution in [3.8, 4) is 0 Å². The van der Waals surface area contributed by atoms with Crippen molar-refractivity contribution in [2.24, 2.45) is 5.92 Å². The summed E-state index contributed by atoms with van der Waals surface area (Å²) >= 11 is 0. The smallest absolute Gasteiger partial charge is 0.223 e. The number of hydrogen-bond acceptors (Lipinski definition) is 4. The Morgan fingerprint density at radius 3 is 2.59 bits per heavy atom. The molecule has 1 atom stereocenters. The van der Waals surface area contributed by atoms with Crippen LogP contribution >= 0.6 is 0 Å². The Balaban J connectivity index is 1.33. The van der Waals surface area contributed by atoms with E-state index in [4.69, 9.17) is 0 Å². The largest absolute Gasteiger partial charge is 0.343 e. The van der Waals surface area contributed by atoms with Crippen LogP contribution in [0.1, 0.15) is 51.4 Å². The van der Waals surface area contributed by atoms with E-state index in [0.29, 0.717) is 24.7 Å². The summed E-state index contributed by atoms with van der Waals surface area (Å²) in [6.45, 7) is 7.72. The fourth-order valence-electron chi connectivity index (χ4n) is 5.15. The Labute approximate surface area is 163 Å². The van der Waals surface area contributed by atoms with Gasteiger partial charge in [-0.1, -0.05) is 0 Å². The number of piperazine rings is 1. The van der Waals surface area contributed by atoms with E-state index in [2.05, 4.69) is 21.7 Å². The summed E-state index contributed by atoms with van der Waals surface area (Å²) in [6.07, 6.45) is 8.27. The molecule has 152 valence electrons. The summed E-state index contributed by atoms with van der Waals surface area (Å²) < 4.78 is 0. The molecule has 4 rings (SSSR count). The van der Waals surface area contributed by atoms with Gasteiger partial charge in [0.2, 0.25) is 11.8 Å². The molecule has 1 spiro atoms. The molecule has 1 saturated carbocycles. The summed E-state index contributed by atoms with van der Waals surface area (Å²) in [6, 6.07) is 0. The highest BCUT2D eigenvalue weighted by Crippen LogP contribution is 2.35. The number of carbonyl (C=O) groups is 2. The predicted molar refractivity (Wildman–Crippen MR) is 105 cm³/mol. The van der Waals surface area contributed by atoms with Crippen LogP contribution in [-0.2, 0) is 9.59 Å². The van der Waals surface area contributed by atoms with Gasteiger partial charge in [0.15, 0.2) is 0 Å². The van der Waals surface area contributed by atoms with Gasteiger partial charge in [-0.3, -0.25) is 19.4 Å². The number of rotatable bonds is 5. The van der Waals surface area contributed by atoms with E-state index in [1.165, 1.54) is 12.8 Å². The molecule has 0 radical (unpaired) electrons. The number of amides is 2. The van der Waals surface area contributed by atoms with E-state index >= 15 is 0 Å². The molecule has 3 heterocycles. The maximum absolute atomic E-state index is 12.6. The SMILES string of the molecule is CN1CCN(CCC(=O)N2CCCC2)C[C@]12CCC(=O)N(CC1CC1)CC2. The molecule has 3 saturated heterocycles. The van der Waals surface area contributed by atoms with E-state index in [1.807, 2.05) is 4.90 Å². The summed E-state index contributed by atoms with van der Waals surface area (Å²) in [5.74, 6) is 1.45. The highest BCUT2D eigenvalue weighted by molar-refractivity contribution is 5.77. The fraction of sp³-hybridized carbons (Fsp3) is 0.905. The summed E-state index contributed by atoms with van der Waals surface area (Å²) in [7, 11) is 2.23. The Kier molecular flexibility index (Phi) is 5.74. The lowest BCUT2D eigenvalue weighted by atomic mass is 9.86. The lowest BCUT2D eigenvalue weighted by Crippen LogP contribution is -2.61. The molecule has 2 amide bonds. The lowest BCUT2D eigenvalue weighted by Gasteiger charge is -2.49. The molecule has 6 heteroatoms. The first-order valence-corrected chi connectivity index (χ1v) is 11.0. The second-order valence-electron chi connectivity index (χ2n) is 9.29. The number of carbonyl (C=O) groups excluding carboxylic acids is 2. The van der Waals surface area contributed by atoms with Gasteiger partial charge < -0.3 is 9.80 Å². The van der Waals surface area contributed by atoms with Gasteiger partial charge >= 0.3 is 0 Å². The number of likely N-dealkylation sites (N-methyl/N-ethyl adjacent to an activating group) is 1. The summed E-state index contributed by atoms with van der Waals surface area (Å²) in [5, 5.41) is 0. The van der Waals surface area contributed by atoms with E-state index in [0.717, 1.165) is 84.0 Å². The Morgan fingerprint density at radius 2 is 1.85 bits per heavy atom. The lowest BCUT2D eigenvalue weighted by molar-refractivity contribution is -0.131. The van der Waals surface area contributed by atoms with Crippen molar-refractivity contribution in [2.75, 3.05) is 59.4 Å². The van der Waals surface area contributed by atoms with Crippen molar-refractivity contribution in [1.82, 2.24) is 19.6 Å². The molecule has 0 unspecified atom stereocenters. The Morgan fingerprint density at radius 1 is 1.07 bits per heavy atom. The van der Waals surface area contributed by atoms with Gasteiger partial charge in [-0.15, -0.1) is 0 Å². The molecule has 0 aromatic heterocycles. The van der Waals surface area contributed by atoms with Crippen molar-refractivity contribution >= 4 is 11.8 Å². The minimum atomic E-state index is 0.100. The van der Waals surface area contributed by atoms with Crippen LogP contribution in [0.3, 0.4) is 0 Å². The van der Waals surface area contributed by atoms with Gasteiger partial charge in [0.05, 0.1) is 0 Å². The molecule has 0 aromatic carbocycles. The average molecular weight is 377 g/mol. The molecule has 27 heavy (non-hydrogen) atoms. The first-order valence-electron chi connectivity index (χ1n) is 11.0. The second-order valence-corrected chi connectivity index (χ2v) is 9.29. The van der Waals surface area contributed by atoms with Crippen LogP contribution in [-0.4, -0.2) is 96.4 Å². The van der Waals surface area contributed by atoms with Crippen molar-refractivity contribution in [3.63, 3.8) is 0 Å². The van der Waals surface area contributed by atoms with Crippen molar-refractivity contribution < 1.29 is 9.59 Å². The topological polar surface area (TPSA) is 47.1 Å². The zero-order valence-corrected chi connectivity index (χ0v) is 17.0. The van der Waals surface area contributed by atoms with Crippen LogP contribution in [0.15, 0.2) is 0 Å². The third-order valence-corrected chi connectivity index (χ3v) is 7.36. The summed E-state index contributed by atoms with van der Waals surface area (Å²) in [4.78, 5) is 34.2. The van der Waals surface area contributed by atoms with Crippen LogP contribution in [0.5, 0.6) is 0 Å². The monoisotopic (exact) mass is 376 g/mol. The third kappa shape index (κ3) is 4.48. The van der Waals surface area contributed by atoms with Crippen LogP contribution in [0.2, 0.25) is 0 Å². The molecule has 1 aliphatic carbocycles. The van der Waals surface area contributed by atoms with Crippen molar-refractivity contribution in [2.45, 2.75) is 56.9 Å². The van der Waals surface area contributed by atoms with Gasteiger partial charge in [0.1, 0.15) is 0 Å². The van der Waals surface area contributed by atoms with E-state index in [9.17, 15) is 9.59 Å². The van der Waals surface area contributed by atoms with Crippen LogP contribution in [0.4, 0.5) is 0 Å². The van der Waals surface area contributed by atoms with Gasteiger partial charge in [-0.25, -0.2) is 0 Å². The van der Waals surface area contributed by atoms with Crippen LogP contribution < -0.4 is 0 Å². The highest BCUT2D eigenvalue weighted by atomic mass is 16.2. The quantitative estimate of drug-likeness (QED) is 0.728. The first-order chi connectivity index (χ1) is 13.1. The van der Waals surface area contributed by atoms with E-state index < -0.39 is 0 Å². The van der Waals surface area contributed by atoms with Crippen LogP contribution in [0.25, 0.3) is 0 Å². The predicted octanol–water partition coefficient (Wildman–Crippen LogP) is 1.41. The molecule has 4 aliphatic rings. The molecule has 3 aliphatic heterocycles. The number of nitrogens with zero attached hydrogens (tertiary/aromatic N) is 4. The molecular weight excluding hydrogens is 340 g/mol. The van der Waals surface area contributed by atoms with Gasteiger partial charge in [-0.05, 0) is 51.5 Å². The number of likely N-dealkylation sites (tertiary alicyclic amines) is 2. The van der Waals surface area contributed by atoms with E-state index in [-0.39, 0.29) is 5.54 Å². The average Bonchev–Trinajstić information content (AvgIpc) is 3.35. The third-order valence-electron chi connectivity index (χ3n) is 7.36. The zero-order chi connectivity index (χ0) is 18.9. The second kappa shape index (κ2) is 8.08. The molecular formula is C21H36N4O2. The normalized spacial score (nSPS) is 30.9. The molecule has 0 aromatic rings. The van der Waals surface area contributed by atoms with Crippen molar-refractivity contribution in [3.05, 3.63) is 0 Å². The Bertz CT molecular complexity index is 558. The van der Waals surface area contributed by atoms with Gasteiger partial charge in [-0.2, -0.15) is 0 Å². The summed E-state index contributed by atoms with van der Waals surface area (Å²) in [5.41, 5.74) is 0.100. The highest BCUT2D eigenvalue weighted by Gasteiger charge is 2.42. The van der Waals surface area contributed by atoms with Crippen molar-refractivity contribution in [1.29, 1.82) is 0 Å². The zero-order valence-electron chi connectivity index (χ0n) is 17.0. The van der Waals surface area contributed by atoms with E-state index in [1.54, 1.807) is 0 Å². The van der Waals surface area contributed by atoms with Gasteiger partial charge in [0.25, 0.3) is 0 Å². The van der Waals surface area contributed by atoms with Gasteiger partial charge in [0, 0.05) is 70.7 Å². The maximum Gasteiger partial charge on any atom is 0.223 e. The molecule has 6 nitrogen and oxygen atoms in total. The first kappa shape index (κ1) is 19.2.